The van der Waals surface area contributed by atoms with Gasteiger partial charge in [0.1, 0.15) is 5.76 Å². The van der Waals surface area contributed by atoms with E-state index in [9.17, 15) is 0 Å². The second kappa shape index (κ2) is 7.07. The lowest BCUT2D eigenvalue weighted by Crippen LogP contribution is -2.35. The Bertz CT molecular complexity index is 608. The third-order valence-corrected chi connectivity index (χ3v) is 3.76. The van der Waals surface area contributed by atoms with E-state index in [0.717, 1.165) is 17.3 Å². The Morgan fingerprint density at radius 3 is 2.67 bits per heavy atom. The molecule has 2 aromatic rings. The fourth-order valence-electron chi connectivity index (χ4n) is 2.14. The molecule has 0 bridgehead atoms. The van der Waals surface area contributed by atoms with Crippen LogP contribution < -0.4 is 10.6 Å². The van der Waals surface area contributed by atoms with Crippen LogP contribution in [-0.2, 0) is 6.54 Å². The molecule has 1 unspecified atom stereocenters. The van der Waals surface area contributed by atoms with E-state index in [1.165, 1.54) is 0 Å². The molecule has 3 rings (SSSR count). The minimum atomic E-state index is -0.00435. The van der Waals surface area contributed by atoms with Gasteiger partial charge in [0.15, 0.2) is 5.96 Å². The molecular formula is C14H14Cl3N3O. The molecule has 1 aromatic heterocycles. The number of aliphatic imine (C=N–C) groups is 1. The SMILES string of the molecule is Cl.Clc1cccc(Cl)c1C1CN=C(NCc2ccco2)N1. The third-order valence-electron chi connectivity index (χ3n) is 3.10. The number of benzene rings is 1. The van der Waals surface area contributed by atoms with Crippen molar-refractivity contribution in [3.05, 3.63) is 58.0 Å². The van der Waals surface area contributed by atoms with E-state index < -0.39 is 0 Å². The van der Waals surface area contributed by atoms with Crippen molar-refractivity contribution in [2.75, 3.05) is 6.54 Å². The molecule has 0 amide bonds. The number of halogens is 3. The second-order valence-electron chi connectivity index (χ2n) is 4.45. The van der Waals surface area contributed by atoms with E-state index in [1.54, 1.807) is 6.26 Å². The first-order valence-electron chi connectivity index (χ1n) is 6.25. The lowest BCUT2D eigenvalue weighted by molar-refractivity contribution is 0.501. The number of guanidine groups is 1. The van der Waals surface area contributed by atoms with Crippen molar-refractivity contribution < 1.29 is 4.42 Å². The fourth-order valence-corrected chi connectivity index (χ4v) is 2.80. The van der Waals surface area contributed by atoms with Crippen LogP contribution in [-0.4, -0.2) is 12.5 Å². The molecule has 1 aromatic carbocycles. The molecule has 21 heavy (non-hydrogen) atoms. The largest absolute Gasteiger partial charge is 0.467 e. The summed E-state index contributed by atoms with van der Waals surface area (Å²) in [5.74, 6) is 1.58. The first kappa shape index (κ1) is 16.0. The molecule has 2 N–H and O–H groups in total. The molecule has 1 atom stereocenters. The van der Waals surface area contributed by atoms with Gasteiger partial charge in [-0.2, -0.15) is 0 Å². The Hall–Kier alpha value is -1.36. The van der Waals surface area contributed by atoms with Crippen LogP contribution in [0.25, 0.3) is 0 Å². The van der Waals surface area contributed by atoms with Crippen LogP contribution >= 0.6 is 35.6 Å². The summed E-state index contributed by atoms with van der Waals surface area (Å²) in [5.41, 5.74) is 0.884. The van der Waals surface area contributed by atoms with Crippen LogP contribution in [0.2, 0.25) is 10.0 Å². The van der Waals surface area contributed by atoms with Gasteiger partial charge in [-0.1, -0.05) is 29.3 Å². The van der Waals surface area contributed by atoms with Crippen molar-refractivity contribution in [2.45, 2.75) is 12.6 Å². The van der Waals surface area contributed by atoms with Gasteiger partial charge < -0.3 is 15.1 Å². The summed E-state index contributed by atoms with van der Waals surface area (Å²) < 4.78 is 5.26. The van der Waals surface area contributed by atoms with Gasteiger partial charge in [0.25, 0.3) is 0 Å². The monoisotopic (exact) mass is 345 g/mol. The predicted molar refractivity (Wildman–Crippen MR) is 87.4 cm³/mol. The van der Waals surface area contributed by atoms with Crippen molar-refractivity contribution in [3.8, 4) is 0 Å². The predicted octanol–water partition coefficient (Wildman–Crippen LogP) is 3.80. The van der Waals surface area contributed by atoms with Crippen LogP contribution in [0.5, 0.6) is 0 Å². The molecule has 0 radical (unpaired) electrons. The van der Waals surface area contributed by atoms with Crippen LogP contribution in [0, 0.1) is 0 Å². The maximum atomic E-state index is 6.20. The number of furan rings is 1. The molecule has 0 fully saturated rings. The average molecular weight is 347 g/mol. The summed E-state index contributed by atoms with van der Waals surface area (Å²) in [4.78, 5) is 4.41. The molecule has 0 spiro atoms. The fraction of sp³-hybridized carbons (Fsp3) is 0.214. The number of rotatable bonds is 3. The van der Waals surface area contributed by atoms with E-state index in [1.807, 2.05) is 30.3 Å². The van der Waals surface area contributed by atoms with E-state index in [4.69, 9.17) is 27.6 Å². The van der Waals surface area contributed by atoms with Gasteiger partial charge in [-0.05, 0) is 24.3 Å². The highest BCUT2D eigenvalue weighted by molar-refractivity contribution is 6.36. The molecule has 0 saturated carbocycles. The van der Waals surface area contributed by atoms with Gasteiger partial charge in [0.05, 0.1) is 25.4 Å². The maximum Gasteiger partial charge on any atom is 0.192 e. The topological polar surface area (TPSA) is 49.6 Å². The van der Waals surface area contributed by atoms with E-state index in [0.29, 0.717) is 23.1 Å². The van der Waals surface area contributed by atoms with Gasteiger partial charge in [-0.3, -0.25) is 4.99 Å². The molecule has 1 aliphatic heterocycles. The molecular weight excluding hydrogens is 333 g/mol. The summed E-state index contributed by atoms with van der Waals surface area (Å²) in [6.45, 7) is 1.19. The van der Waals surface area contributed by atoms with Crippen molar-refractivity contribution in [1.82, 2.24) is 10.6 Å². The van der Waals surface area contributed by atoms with Crippen molar-refractivity contribution >= 4 is 41.6 Å². The Morgan fingerprint density at radius 1 is 1.24 bits per heavy atom. The van der Waals surface area contributed by atoms with E-state index in [-0.39, 0.29) is 18.4 Å². The van der Waals surface area contributed by atoms with Crippen LogP contribution in [0.15, 0.2) is 46.0 Å². The summed E-state index contributed by atoms with van der Waals surface area (Å²) in [6, 6.07) is 9.26. The summed E-state index contributed by atoms with van der Waals surface area (Å²) >= 11 is 12.4. The van der Waals surface area contributed by atoms with Crippen LogP contribution in [0.3, 0.4) is 0 Å². The first-order chi connectivity index (χ1) is 9.74. The summed E-state index contributed by atoms with van der Waals surface area (Å²) in [6.07, 6.45) is 1.65. The summed E-state index contributed by atoms with van der Waals surface area (Å²) in [7, 11) is 0. The quantitative estimate of drug-likeness (QED) is 0.889. The number of hydrogen-bond acceptors (Lipinski definition) is 4. The van der Waals surface area contributed by atoms with E-state index >= 15 is 0 Å². The molecule has 4 nitrogen and oxygen atoms in total. The van der Waals surface area contributed by atoms with Gasteiger partial charge in [-0.15, -0.1) is 12.4 Å². The zero-order valence-corrected chi connectivity index (χ0v) is 13.3. The highest BCUT2D eigenvalue weighted by Crippen LogP contribution is 2.31. The minimum Gasteiger partial charge on any atom is -0.467 e. The number of hydrogen-bond donors (Lipinski definition) is 2. The lowest BCUT2D eigenvalue weighted by Gasteiger charge is -2.15. The normalized spacial score (nSPS) is 16.9. The van der Waals surface area contributed by atoms with Crippen LogP contribution in [0.1, 0.15) is 17.4 Å². The molecule has 0 aliphatic carbocycles. The molecule has 112 valence electrons. The smallest absolute Gasteiger partial charge is 0.192 e. The third kappa shape index (κ3) is 3.64. The molecule has 2 heterocycles. The highest BCUT2D eigenvalue weighted by atomic mass is 35.5. The minimum absolute atomic E-state index is 0. The standard InChI is InChI=1S/C14H13Cl2N3O.ClH/c15-10-4-1-5-11(16)13(10)12-8-18-14(19-12)17-7-9-3-2-6-20-9;/h1-6,12H,7-8H2,(H2,17,18,19);1H. The molecule has 7 heteroatoms. The Balaban J connectivity index is 0.00000161. The molecule has 0 saturated heterocycles. The number of nitrogens with one attached hydrogen (secondary N) is 2. The lowest BCUT2D eigenvalue weighted by atomic mass is 10.1. The maximum absolute atomic E-state index is 6.20. The first-order valence-corrected chi connectivity index (χ1v) is 7.01. The van der Waals surface area contributed by atoms with Crippen molar-refractivity contribution in [1.29, 1.82) is 0 Å². The van der Waals surface area contributed by atoms with Gasteiger partial charge in [0, 0.05) is 15.6 Å². The van der Waals surface area contributed by atoms with Gasteiger partial charge in [-0.25, -0.2) is 0 Å². The highest BCUT2D eigenvalue weighted by Gasteiger charge is 2.23. The second-order valence-corrected chi connectivity index (χ2v) is 5.27. The summed E-state index contributed by atoms with van der Waals surface area (Å²) in [5, 5.41) is 7.76. The zero-order chi connectivity index (χ0) is 13.9. The molecule has 1 aliphatic rings. The zero-order valence-electron chi connectivity index (χ0n) is 11.0. The van der Waals surface area contributed by atoms with Crippen LogP contribution in [0.4, 0.5) is 0 Å². The average Bonchev–Trinajstić information content (AvgIpc) is 3.07. The van der Waals surface area contributed by atoms with E-state index in [2.05, 4.69) is 15.6 Å². The Labute approximate surface area is 138 Å². The Morgan fingerprint density at radius 2 is 2.00 bits per heavy atom. The van der Waals surface area contributed by atoms with Gasteiger partial charge >= 0.3 is 0 Å². The number of nitrogens with zero attached hydrogens (tertiary/aromatic N) is 1. The van der Waals surface area contributed by atoms with Crippen molar-refractivity contribution in [2.24, 2.45) is 4.99 Å². The Kier molecular flexibility index (Phi) is 5.39. The van der Waals surface area contributed by atoms with Gasteiger partial charge in [0.2, 0.25) is 0 Å². The van der Waals surface area contributed by atoms with Crippen molar-refractivity contribution in [3.63, 3.8) is 0 Å².